The first kappa shape index (κ1) is 13.5. The average Bonchev–Trinajstić information content (AvgIpc) is 2.77. The fourth-order valence-electron chi connectivity index (χ4n) is 1.20. The first-order chi connectivity index (χ1) is 8.90. The third kappa shape index (κ3) is 3.11. The summed E-state index contributed by atoms with van der Waals surface area (Å²) in [4.78, 5) is 11.1. The number of alkyl halides is 3. The quantitative estimate of drug-likeness (QED) is 0.867. The Morgan fingerprint density at radius 1 is 1.32 bits per heavy atom. The number of hydrogen-bond acceptors (Lipinski definition) is 5. The van der Waals surface area contributed by atoms with Crippen LogP contribution >= 0.6 is 11.6 Å². The van der Waals surface area contributed by atoms with Crippen LogP contribution in [0.3, 0.4) is 0 Å². The van der Waals surface area contributed by atoms with Crippen molar-refractivity contribution in [1.29, 1.82) is 0 Å². The van der Waals surface area contributed by atoms with Crippen molar-refractivity contribution in [3.8, 4) is 12.0 Å². The Morgan fingerprint density at radius 2 is 2.05 bits per heavy atom. The lowest BCUT2D eigenvalue weighted by molar-refractivity contribution is -0.137. The summed E-state index contributed by atoms with van der Waals surface area (Å²) in [7, 11) is 0. The van der Waals surface area contributed by atoms with Gasteiger partial charge < -0.3 is 4.74 Å². The van der Waals surface area contributed by atoms with E-state index < -0.39 is 11.7 Å². The smallest absolute Gasteiger partial charge is 0.419 e. The summed E-state index contributed by atoms with van der Waals surface area (Å²) < 4.78 is 43.2. The van der Waals surface area contributed by atoms with Gasteiger partial charge in [0.2, 0.25) is 5.28 Å². The van der Waals surface area contributed by atoms with E-state index in [2.05, 4.69) is 20.1 Å². The minimum Gasteiger partial charge on any atom is -0.464 e. The maximum atomic E-state index is 12.4. The molecule has 0 aromatic carbocycles. The molecule has 0 saturated carbocycles. The van der Waals surface area contributed by atoms with Crippen LogP contribution in [0.4, 0.5) is 13.2 Å². The SMILES string of the molecule is CCOc1nc(Cl)nc(-n2cc(C(F)(F)F)cn2)n1. The highest BCUT2D eigenvalue weighted by Gasteiger charge is 2.32. The predicted molar refractivity (Wildman–Crippen MR) is 58.1 cm³/mol. The van der Waals surface area contributed by atoms with Crippen molar-refractivity contribution < 1.29 is 17.9 Å². The highest BCUT2D eigenvalue weighted by Crippen LogP contribution is 2.28. The minimum atomic E-state index is -4.49. The lowest BCUT2D eigenvalue weighted by Crippen LogP contribution is -2.07. The highest BCUT2D eigenvalue weighted by molar-refractivity contribution is 6.28. The van der Waals surface area contributed by atoms with Gasteiger partial charge in [-0.25, -0.2) is 4.68 Å². The lowest BCUT2D eigenvalue weighted by atomic mass is 10.4. The van der Waals surface area contributed by atoms with Gasteiger partial charge in [0.05, 0.1) is 18.4 Å². The van der Waals surface area contributed by atoms with Gasteiger partial charge in [-0.05, 0) is 18.5 Å². The van der Waals surface area contributed by atoms with Gasteiger partial charge in [-0.3, -0.25) is 0 Å². The summed E-state index contributed by atoms with van der Waals surface area (Å²) in [6, 6.07) is -0.0819. The molecule has 2 heterocycles. The van der Waals surface area contributed by atoms with E-state index in [-0.39, 0.29) is 23.8 Å². The molecule has 2 aromatic rings. The van der Waals surface area contributed by atoms with Crippen molar-refractivity contribution in [3.63, 3.8) is 0 Å². The van der Waals surface area contributed by atoms with Gasteiger partial charge in [0.15, 0.2) is 0 Å². The van der Waals surface area contributed by atoms with Crippen molar-refractivity contribution in [2.75, 3.05) is 6.61 Å². The molecular formula is C9H7ClF3N5O. The van der Waals surface area contributed by atoms with Crippen LogP contribution in [-0.4, -0.2) is 31.3 Å². The fraction of sp³-hybridized carbons (Fsp3) is 0.333. The van der Waals surface area contributed by atoms with Crippen molar-refractivity contribution in [2.45, 2.75) is 13.1 Å². The average molecular weight is 294 g/mol. The normalized spacial score (nSPS) is 11.6. The first-order valence-electron chi connectivity index (χ1n) is 5.06. The van der Waals surface area contributed by atoms with E-state index in [0.717, 1.165) is 10.9 Å². The Morgan fingerprint density at radius 3 is 2.63 bits per heavy atom. The second-order valence-electron chi connectivity index (χ2n) is 3.29. The molecule has 0 fully saturated rings. The molecule has 102 valence electrons. The summed E-state index contributed by atoms with van der Waals surface area (Å²) in [6.45, 7) is 1.99. The van der Waals surface area contributed by atoms with Crippen molar-refractivity contribution in [3.05, 3.63) is 23.2 Å². The Kier molecular flexibility index (Phi) is 3.56. The van der Waals surface area contributed by atoms with Gasteiger partial charge in [-0.15, -0.1) is 0 Å². The molecule has 0 spiro atoms. The molecule has 6 nitrogen and oxygen atoms in total. The maximum Gasteiger partial charge on any atom is 0.419 e. The maximum absolute atomic E-state index is 12.4. The van der Waals surface area contributed by atoms with Crippen LogP contribution in [0.25, 0.3) is 5.95 Å². The Balaban J connectivity index is 2.38. The van der Waals surface area contributed by atoms with Crippen LogP contribution in [0.1, 0.15) is 12.5 Å². The van der Waals surface area contributed by atoms with Gasteiger partial charge in [0.25, 0.3) is 5.95 Å². The molecule has 0 aliphatic carbocycles. The molecular weight excluding hydrogens is 287 g/mol. The van der Waals surface area contributed by atoms with Crippen LogP contribution in [-0.2, 0) is 6.18 Å². The number of hydrogen-bond donors (Lipinski definition) is 0. The van der Waals surface area contributed by atoms with Gasteiger partial charge in [-0.1, -0.05) is 0 Å². The van der Waals surface area contributed by atoms with E-state index in [0.29, 0.717) is 6.20 Å². The molecule has 0 amide bonds. The molecule has 0 N–H and O–H groups in total. The Bertz CT molecular complexity index is 585. The second-order valence-corrected chi connectivity index (χ2v) is 3.63. The van der Waals surface area contributed by atoms with Crippen LogP contribution in [0, 0.1) is 0 Å². The van der Waals surface area contributed by atoms with Gasteiger partial charge >= 0.3 is 12.2 Å². The topological polar surface area (TPSA) is 65.7 Å². The molecule has 0 aliphatic heterocycles. The van der Waals surface area contributed by atoms with Crippen LogP contribution in [0.5, 0.6) is 6.01 Å². The Hall–Kier alpha value is -1.90. The van der Waals surface area contributed by atoms with Crippen LogP contribution in [0.15, 0.2) is 12.4 Å². The molecule has 2 rings (SSSR count). The predicted octanol–water partition coefficient (Wildman–Crippen LogP) is 2.13. The van der Waals surface area contributed by atoms with Gasteiger partial charge in [-0.2, -0.15) is 33.2 Å². The standard InChI is InChI=1S/C9H7ClF3N5O/c1-2-19-8-16-6(10)15-7(17-8)18-4-5(3-14-18)9(11,12)13/h3-4H,2H2,1H3. The summed E-state index contributed by atoms with van der Waals surface area (Å²) in [5.41, 5.74) is -0.915. The third-order valence-corrected chi connectivity index (χ3v) is 2.13. The molecule has 0 unspecified atom stereocenters. The molecule has 0 radical (unpaired) electrons. The summed E-state index contributed by atoms with van der Waals surface area (Å²) in [5.74, 6) is -0.154. The molecule has 0 aliphatic rings. The molecule has 0 saturated heterocycles. The van der Waals surface area contributed by atoms with E-state index in [1.807, 2.05) is 0 Å². The molecule has 0 bridgehead atoms. The molecule has 2 aromatic heterocycles. The van der Waals surface area contributed by atoms with Gasteiger partial charge in [0, 0.05) is 6.20 Å². The van der Waals surface area contributed by atoms with E-state index in [1.54, 1.807) is 6.92 Å². The van der Waals surface area contributed by atoms with E-state index in [4.69, 9.17) is 16.3 Å². The van der Waals surface area contributed by atoms with Crippen molar-refractivity contribution in [1.82, 2.24) is 24.7 Å². The molecule has 19 heavy (non-hydrogen) atoms. The summed E-state index contributed by atoms with van der Waals surface area (Å²) >= 11 is 5.63. The second kappa shape index (κ2) is 5.00. The first-order valence-corrected chi connectivity index (χ1v) is 5.44. The van der Waals surface area contributed by atoms with Gasteiger partial charge in [0.1, 0.15) is 0 Å². The van der Waals surface area contributed by atoms with Crippen LogP contribution < -0.4 is 4.74 Å². The zero-order valence-electron chi connectivity index (χ0n) is 9.52. The zero-order chi connectivity index (χ0) is 14.0. The van der Waals surface area contributed by atoms with Crippen molar-refractivity contribution in [2.24, 2.45) is 0 Å². The minimum absolute atomic E-state index is 0.0819. The number of aromatic nitrogens is 5. The van der Waals surface area contributed by atoms with Crippen molar-refractivity contribution >= 4 is 11.6 Å². The number of halogens is 4. The molecule has 0 atom stereocenters. The highest BCUT2D eigenvalue weighted by atomic mass is 35.5. The molecule has 10 heteroatoms. The third-order valence-electron chi connectivity index (χ3n) is 1.96. The van der Waals surface area contributed by atoms with E-state index in [9.17, 15) is 13.2 Å². The van der Waals surface area contributed by atoms with E-state index in [1.165, 1.54) is 0 Å². The van der Waals surface area contributed by atoms with E-state index >= 15 is 0 Å². The monoisotopic (exact) mass is 293 g/mol. The summed E-state index contributed by atoms with van der Waals surface area (Å²) in [5, 5.41) is 3.33. The Labute approximate surface area is 110 Å². The number of rotatable bonds is 3. The number of nitrogens with zero attached hydrogens (tertiary/aromatic N) is 5. The fourth-order valence-corrected chi connectivity index (χ4v) is 1.34. The van der Waals surface area contributed by atoms with Crippen LogP contribution in [0.2, 0.25) is 5.28 Å². The summed E-state index contributed by atoms with van der Waals surface area (Å²) in [6.07, 6.45) is -3.07. The lowest BCUT2D eigenvalue weighted by Gasteiger charge is -2.04. The largest absolute Gasteiger partial charge is 0.464 e. The zero-order valence-corrected chi connectivity index (χ0v) is 10.3. The number of ether oxygens (including phenoxy) is 1.